The second kappa shape index (κ2) is 7.43. The monoisotopic (exact) mass is 325 g/mol. The van der Waals surface area contributed by atoms with Gasteiger partial charge in [0.2, 0.25) is 0 Å². The predicted octanol–water partition coefficient (Wildman–Crippen LogP) is 3.81. The van der Waals surface area contributed by atoms with Gasteiger partial charge in [-0.05, 0) is 63.5 Å². The van der Waals surface area contributed by atoms with Crippen LogP contribution in [0, 0.1) is 6.92 Å². The van der Waals surface area contributed by atoms with Gasteiger partial charge in [0.1, 0.15) is 0 Å². The van der Waals surface area contributed by atoms with Crippen molar-refractivity contribution >= 4 is 34.6 Å². The lowest BCUT2D eigenvalue weighted by Gasteiger charge is -2.35. The zero-order chi connectivity index (χ0) is 15.4. The molecule has 3 nitrogen and oxygen atoms in total. The first-order chi connectivity index (χ1) is 9.97. The van der Waals surface area contributed by atoms with E-state index >= 15 is 0 Å². The standard InChI is InChI=1S/C16H24ClN3S/c1-11(2)20-9-7-13(8-10-20)18-16(21)19-15-6-4-5-14(17)12(15)3/h4-6,11,13H,7-10H2,1-3H3,(H2,18,19,21). The lowest BCUT2D eigenvalue weighted by molar-refractivity contribution is 0.168. The predicted molar refractivity (Wildman–Crippen MR) is 95.3 cm³/mol. The molecule has 0 atom stereocenters. The first-order valence-corrected chi connectivity index (χ1v) is 8.32. The number of halogens is 1. The number of thiocarbonyl (C=S) groups is 1. The average Bonchev–Trinajstić information content (AvgIpc) is 2.44. The SMILES string of the molecule is Cc1c(Cl)cccc1NC(=S)NC1CCN(C(C)C)CC1. The van der Waals surface area contributed by atoms with Gasteiger partial charge in [-0.2, -0.15) is 0 Å². The number of benzene rings is 1. The van der Waals surface area contributed by atoms with Crippen LogP contribution in [0.5, 0.6) is 0 Å². The van der Waals surface area contributed by atoms with Gasteiger partial charge in [0.25, 0.3) is 0 Å². The van der Waals surface area contributed by atoms with Crippen molar-refractivity contribution in [3.05, 3.63) is 28.8 Å². The second-order valence-corrected chi connectivity index (χ2v) is 6.73. The second-order valence-electron chi connectivity index (χ2n) is 5.91. The van der Waals surface area contributed by atoms with Crippen LogP contribution in [0.25, 0.3) is 0 Å². The molecule has 1 aromatic rings. The van der Waals surface area contributed by atoms with E-state index in [4.69, 9.17) is 23.8 Å². The van der Waals surface area contributed by atoms with E-state index in [2.05, 4.69) is 29.4 Å². The first-order valence-electron chi connectivity index (χ1n) is 7.54. The van der Waals surface area contributed by atoms with Gasteiger partial charge in [-0.25, -0.2) is 0 Å². The molecule has 2 rings (SSSR count). The quantitative estimate of drug-likeness (QED) is 0.826. The Labute approximate surface area is 138 Å². The van der Waals surface area contributed by atoms with Crippen molar-refractivity contribution in [1.29, 1.82) is 0 Å². The molecule has 1 saturated heterocycles. The summed E-state index contributed by atoms with van der Waals surface area (Å²) in [7, 11) is 0. The van der Waals surface area contributed by atoms with Crippen LogP contribution in [0.3, 0.4) is 0 Å². The smallest absolute Gasteiger partial charge is 0.171 e. The minimum atomic E-state index is 0.458. The lowest BCUT2D eigenvalue weighted by Crippen LogP contribution is -2.47. The fourth-order valence-corrected chi connectivity index (χ4v) is 3.10. The zero-order valence-electron chi connectivity index (χ0n) is 12.9. The van der Waals surface area contributed by atoms with E-state index in [-0.39, 0.29) is 0 Å². The third kappa shape index (κ3) is 4.56. The number of anilines is 1. The Bertz CT molecular complexity index is 496. The Kier molecular flexibility index (Phi) is 5.85. The summed E-state index contributed by atoms with van der Waals surface area (Å²) in [6.07, 6.45) is 2.27. The summed E-state index contributed by atoms with van der Waals surface area (Å²) >= 11 is 11.5. The number of likely N-dealkylation sites (tertiary alicyclic amines) is 1. The fraction of sp³-hybridized carbons (Fsp3) is 0.562. The van der Waals surface area contributed by atoms with E-state index in [1.807, 2.05) is 25.1 Å². The van der Waals surface area contributed by atoms with Crippen LogP contribution in [0.2, 0.25) is 5.02 Å². The molecule has 5 heteroatoms. The molecule has 0 unspecified atom stereocenters. The molecule has 0 radical (unpaired) electrons. The molecule has 0 amide bonds. The molecule has 0 aliphatic carbocycles. The van der Waals surface area contributed by atoms with Crippen molar-refractivity contribution in [2.45, 2.75) is 45.7 Å². The number of piperidine rings is 1. The molecule has 1 aliphatic rings. The topological polar surface area (TPSA) is 27.3 Å². The number of hydrogen-bond acceptors (Lipinski definition) is 2. The minimum absolute atomic E-state index is 0.458. The highest BCUT2D eigenvalue weighted by Gasteiger charge is 2.21. The van der Waals surface area contributed by atoms with E-state index in [9.17, 15) is 0 Å². The number of nitrogens with one attached hydrogen (secondary N) is 2. The van der Waals surface area contributed by atoms with Crippen LogP contribution in [0.4, 0.5) is 5.69 Å². The third-order valence-electron chi connectivity index (χ3n) is 4.11. The molecule has 1 heterocycles. The molecule has 0 spiro atoms. The minimum Gasteiger partial charge on any atom is -0.360 e. The van der Waals surface area contributed by atoms with E-state index < -0.39 is 0 Å². The van der Waals surface area contributed by atoms with Crippen LogP contribution < -0.4 is 10.6 Å². The summed E-state index contributed by atoms with van der Waals surface area (Å²) < 4.78 is 0. The van der Waals surface area contributed by atoms with Gasteiger partial charge in [-0.3, -0.25) is 0 Å². The highest BCUT2D eigenvalue weighted by molar-refractivity contribution is 7.80. The Morgan fingerprint density at radius 2 is 2.00 bits per heavy atom. The van der Waals surface area contributed by atoms with Gasteiger partial charge in [0.15, 0.2) is 5.11 Å². The van der Waals surface area contributed by atoms with E-state index in [0.29, 0.717) is 17.2 Å². The van der Waals surface area contributed by atoms with E-state index in [1.165, 1.54) is 0 Å². The van der Waals surface area contributed by atoms with Crippen molar-refractivity contribution in [3.63, 3.8) is 0 Å². The molecule has 116 valence electrons. The van der Waals surface area contributed by atoms with Crippen molar-refractivity contribution in [1.82, 2.24) is 10.2 Å². The summed E-state index contributed by atoms with van der Waals surface area (Å²) in [6.45, 7) is 8.76. The van der Waals surface area contributed by atoms with Crippen molar-refractivity contribution in [2.75, 3.05) is 18.4 Å². The van der Waals surface area contributed by atoms with Crippen LogP contribution in [0.1, 0.15) is 32.3 Å². The Hall–Kier alpha value is -0.840. The maximum atomic E-state index is 6.13. The lowest BCUT2D eigenvalue weighted by atomic mass is 10.0. The van der Waals surface area contributed by atoms with Crippen molar-refractivity contribution < 1.29 is 0 Å². The third-order valence-corrected chi connectivity index (χ3v) is 4.74. The average molecular weight is 326 g/mol. The fourth-order valence-electron chi connectivity index (χ4n) is 2.65. The van der Waals surface area contributed by atoms with Crippen molar-refractivity contribution in [2.24, 2.45) is 0 Å². The normalized spacial score (nSPS) is 17.0. The number of rotatable bonds is 3. The number of hydrogen-bond donors (Lipinski definition) is 2. The molecule has 21 heavy (non-hydrogen) atoms. The molecule has 0 bridgehead atoms. The summed E-state index contributed by atoms with van der Waals surface area (Å²) in [5, 5.41) is 8.12. The van der Waals surface area contributed by atoms with Gasteiger partial charge in [-0.1, -0.05) is 17.7 Å². The largest absolute Gasteiger partial charge is 0.360 e. The molecule has 2 N–H and O–H groups in total. The highest BCUT2D eigenvalue weighted by atomic mass is 35.5. The summed E-state index contributed by atoms with van der Waals surface area (Å²) in [5.74, 6) is 0. The van der Waals surface area contributed by atoms with Crippen LogP contribution in [-0.4, -0.2) is 35.2 Å². The molecular formula is C16H24ClN3S. The molecule has 0 saturated carbocycles. The van der Waals surface area contributed by atoms with Crippen LogP contribution in [0.15, 0.2) is 18.2 Å². The number of nitrogens with zero attached hydrogens (tertiary/aromatic N) is 1. The van der Waals surface area contributed by atoms with E-state index in [0.717, 1.165) is 42.2 Å². The van der Waals surface area contributed by atoms with Gasteiger partial charge in [0, 0.05) is 35.9 Å². The van der Waals surface area contributed by atoms with Crippen LogP contribution in [-0.2, 0) is 0 Å². The first kappa shape index (κ1) is 16.5. The Morgan fingerprint density at radius 1 is 1.33 bits per heavy atom. The van der Waals surface area contributed by atoms with Gasteiger partial charge < -0.3 is 15.5 Å². The molecule has 1 aromatic carbocycles. The molecule has 1 aliphatic heterocycles. The Balaban J connectivity index is 1.84. The zero-order valence-corrected chi connectivity index (χ0v) is 14.5. The maximum Gasteiger partial charge on any atom is 0.171 e. The summed E-state index contributed by atoms with van der Waals surface area (Å²) in [6, 6.07) is 6.91. The maximum absolute atomic E-state index is 6.13. The highest BCUT2D eigenvalue weighted by Crippen LogP contribution is 2.23. The van der Waals surface area contributed by atoms with Gasteiger partial charge in [0.05, 0.1) is 0 Å². The van der Waals surface area contributed by atoms with Crippen molar-refractivity contribution in [3.8, 4) is 0 Å². The Morgan fingerprint density at radius 3 is 2.62 bits per heavy atom. The molecule has 1 fully saturated rings. The molecule has 0 aromatic heterocycles. The summed E-state index contributed by atoms with van der Waals surface area (Å²) in [4.78, 5) is 2.51. The van der Waals surface area contributed by atoms with Gasteiger partial charge >= 0.3 is 0 Å². The summed E-state index contributed by atoms with van der Waals surface area (Å²) in [5.41, 5.74) is 2.00. The van der Waals surface area contributed by atoms with Gasteiger partial charge in [-0.15, -0.1) is 0 Å². The van der Waals surface area contributed by atoms with Crippen LogP contribution >= 0.6 is 23.8 Å². The molecular weight excluding hydrogens is 302 g/mol. The van der Waals surface area contributed by atoms with E-state index in [1.54, 1.807) is 0 Å².